The Bertz CT molecular complexity index is 139. The molecule has 0 atom stereocenters. The van der Waals surface area contributed by atoms with Crippen LogP contribution in [0.1, 0.15) is 0 Å². The fraction of sp³-hybridized carbons (Fsp3) is 0.667. The minimum Gasteiger partial charge on any atom is -0.315 e. The van der Waals surface area contributed by atoms with Crippen molar-refractivity contribution in [2.24, 2.45) is 14.1 Å². The van der Waals surface area contributed by atoms with Crippen molar-refractivity contribution in [3.63, 3.8) is 0 Å². The van der Waals surface area contributed by atoms with Crippen LogP contribution in [-0.4, -0.2) is 15.1 Å². The molecule has 0 unspecified atom stereocenters. The lowest BCUT2D eigenvalue weighted by molar-refractivity contribution is -0.736. The Labute approximate surface area is 41.4 Å². The Hall–Kier alpha value is -0.930. The summed E-state index contributed by atoms with van der Waals surface area (Å²) in [6.07, 6.45) is 2.59. The van der Waals surface area contributed by atoms with Crippen LogP contribution >= 0.6 is 0 Å². The second-order valence-electron chi connectivity index (χ2n) is 1.30. The molecule has 0 saturated heterocycles. The van der Waals surface area contributed by atoms with Gasteiger partial charge in [-0.25, -0.2) is 0 Å². The van der Waals surface area contributed by atoms with E-state index in [0.29, 0.717) is 0 Å². The molecule has 1 aromatic heterocycles. The number of tetrazole rings is 1. The molecule has 0 aliphatic rings. The predicted molar refractivity (Wildman–Crippen MR) is 21.0 cm³/mol. The highest BCUT2D eigenvalue weighted by atomic mass is 15.6. The van der Waals surface area contributed by atoms with E-state index in [0.717, 1.165) is 0 Å². The van der Waals surface area contributed by atoms with Gasteiger partial charge in [0, 0.05) is 12.3 Å². The number of aromatic nitrogens is 4. The Balaban J connectivity index is 3.04. The number of rotatable bonds is 0. The van der Waals surface area contributed by atoms with Crippen LogP contribution in [0.3, 0.4) is 0 Å². The average molecular weight is 98.1 g/mol. The van der Waals surface area contributed by atoms with Crippen LogP contribution in [0.4, 0.5) is 0 Å². The Morgan fingerprint density at radius 2 is 2.43 bits per heavy atom. The van der Waals surface area contributed by atoms with E-state index in [-0.39, 0.29) is 0 Å². The highest BCUT2D eigenvalue weighted by Gasteiger charge is 1.79. The second kappa shape index (κ2) is 1.29. The fourth-order valence-electron chi connectivity index (χ4n) is 0.364. The van der Waals surface area contributed by atoms with Crippen molar-refractivity contribution in [3.05, 3.63) is 6.33 Å². The molecular weight excluding hydrogens is 92.1 g/mol. The van der Waals surface area contributed by atoms with Crippen LogP contribution in [0, 0.1) is 6.33 Å². The Morgan fingerprint density at radius 1 is 1.71 bits per heavy atom. The Morgan fingerprint density at radius 3 is 2.57 bits per heavy atom. The van der Waals surface area contributed by atoms with Crippen molar-refractivity contribution >= 4 is 0 Å². The third-order valence-electron chi connectivity index (χ3n) is 0.598. The minimum atomic E-state index is 1.44. The van der Waals surface area contributed by atoms with Gasteiger partial charge in [-0.3, -0.25) is 0 Å². The summed E-state index contributed by atoms with van der Waals surface area (Å²) in [5.41, 5.74) is 0. The first-order valence-corrected chi connectivity index (χ1v) is 1.94. The van der Waals surface area contributed by atoms with E-state index in [4.69, 9.17) is 0 Å². The zero-order chi connectivity index (χ0) is 5.28. The molecule has 1 heterocycles. The van der Waals surface area contributed by atoms with E-state index >= 15 is 0 Å². The smallest absolute Gasteiger partial charge is 0.113 e. The van der Waals surface area contributed by atoms with Crippen molar-refractivity contribution in [1.82, 2.24) is 15.1 Å². The van der Waals surface area contributed by atoms with Gasteiger partial charge in [0.15, 0.2) is 0 Å². The van der Waals surface area contributed by atoms with Gasteiger partial charge >= 0.3 is 0 Å². The normalized spacial score (nSPS) is 9.43. The fourth-order valence-corrected chi connectivity index (χ4v) is 0.364. The summed E-state index contributed by atoms with van der Waals surface area (Å²) >= 11 is 0. The summed E-state index contributed by atoms with van der Waals surface area (Å²) in [6, 6.07) is 0. The van der Waals surface area contributed by atoms with E-state index in [1.807, 2.05) is 0 Å². The summed E-state index contributed by atoms with van der Waals surface area (Å²) in [5.74, 6) is 0. The van der Waals surface area contributed by atoms with E-state index in [9.17, 15) is 0 Å². The monoisotopic (exact) mass is 98.1 g/mol. The summed E-state index contributed by atoms with van der Waals surface area (Å²) in [7, 11) is 3.52. The maximum Gasteiger partial charge on any atom is 0.113 e. The average Bonchev–Trinajstić information content (AvgIpc) is 1.87. The van der Waals surface area contributed by atoms with Crippen molar-refractivity contribution in [2.75, 3.05) is 0 Å². The molecule has 1 rings (SSSR count). The van der Waals surface area contributed by atoms with Crippen LogP contribution < -0.4 is 4.68 Å². The van der Waals surface area contributed by atoms with Gasteiger partial charge in [-0.2, -0.15) is 5.10 Å². The third-order valence-corrected chi connectivity index (χ3v) is 0.598. The molecule has 0 bridgehead atoms. The number of hydrogen-bond acceptors (Lipinski definition) is 2. The van der Waals surface area contributed by atoms with E-state index in [1.165, 1.54) is 9.48 Å². The second-order valence-corrected chi connectivity index (χ2v) is 1.30. The maximum atomic E-state index is 3.78. The van der Waals surface area contributed by atoms with Gasteiger partial charge < -0.3 is 4.68 Å². The molecule has 0 aliphatic carbocycles. The molecule has 0 aliphatic heterocycles. The molecule has 1 aromatic rings. The molecule has 0 fully saturated rings. The van der Waals surface area contributed by atoms with E-state index in [1.54, 1.807) is 14.1 Å². The summed E-state index contributed by atoms with van der Waals surface area (Å²) in [4.78, 5) is 1.44. The van der Waals surface area contributed by atoms with Gasteiger partial charge in [0.1, 0.15) is 7.05 Å². The first-order valence-electron chi connectivity index (χ1n) is 1.94. The van der Waals surface area contributed by atoms with Crippen LogP contribution in [0.25, 0.3) is 0 Å². The zero-order valence-electron chi connectivity index (χ0n) is 4.29. The highest BCUT2D eigenvalue weighted by Crippen LogP contribution is 1.52. The largest absolute Gasteiger partial charge is 0.315 e. The van der Waals surface area contributed by atoms with Gasteiger partial charge in [-0.15, -0.1) is 0 Å². The molecule has 0 N–H and O–H groups in total. The molecule has 0 radical (unpaired) electrons. The molecule has 0 spiro atoms. The molecule has 38 valence electrons. The molecule has 7 heavy (non-hydrogen) atoms. The van der Waals surface area contributed by atoms with Crippen molar-refractivity contribution < 1.29 is 4.68 Å². The van der Waals surface area contributed by atoms with E-state index < -0.39 is 0 Å². The molecule has 0 saturated carbocycles. The number of hydrogen-bond donors (Lipinski definition) is 0. The first kappa shape index (κ1) is 4.23. The summed E-state index contributed by atoms with van der Waals surface area (Å²) < 4.78 is 1.51. The van der Waals surface area contributed by atoms with Gasteiger partial charge in [0.2, 0.25) is 0 Å². The molecular formula is C3H6N4. The quantitative estimate of drug-likeness (QED) is 0.290. The van der Waals surface area contributed by atoms with Crippen molar-refractivity contribution in [3.8, 4) is 0 Å². The van der Waals surface area contributed by atoms with Crippen molar-refractivity contribution in [2.45, 2.75) is 0 Å². The maximum absolute atomic E-state index is 3.78. The van der Waals surface area contributed by atoms with Crippen LogP contribution in [0.2, 0.25) is 0 Å². The molecule has 4 nitrogen and oxygen atoms in total. The topological polar surface area (TPSA) is 34.6 Å². The molecule has 4 heteroatoms. The molecule has 0 amide bonds. The zero-order valence-corrected chi connectivity index (χ0v) is 4.29. The van der Waals surface area contributed by atoms with Crippen LogP contribution in [0.5, 0.6) is 0 Å². The van der Waals surface area contributed by atoms with Gasteiger partial charge in [-0.05, 0) is 6.33 Å². The molecule has 0 aromatic carbocycles. The van der Waals surface area contributed by atoms with Crippen molar-refractivity contribution in [1.29, 1.82) is 0 Å². The lowest BCUT2D eigenvalue weighted by atomic mass is 11.2. The van der Waals surface area contributed by atoms with Crippen LogP contribution in [0.15, 0.2) is 0 Å². The van der Waals surface area contributed by atoms with Crippen LogP contribution in [-0.2, 0) is 14.1 Å². The third kappa shape index (κ3) is 0.734. The SMILES string of the molecule is Cn1n[c-][n+](C)n1. The van der Waals surface area contributed by atoms with Gasteiger partial charge in [0.25, 0.3) is 0 Å². The summed E-state index contributed by atoms with van der Waals surface area (Å²) in [5, 5.41) is 7.44. The minimum absolute atomic E-state index is 1.44. The number of nitrogens with zero attached hydrogens (tertiary/aromatic N) is 4. The lowest BCUT2D eigenvalue weighted by Gasteiger charge is -1.78. The highest BCUT2D eigenvalue weighted by molar-refractivity contribution is 4.12. The van der Waals surface area contributed by atoms with E-state index in [2.05, 4.69) is 16.6 Å². The first-order chi connectivity index (χ1) is 3.29. The predicted octanol–water partition coefficient (Wildman–Crippen LogP) is -1.56. The van der Waals surface area contributed by atoms with Gasteiger partial charge in [-0.1, -0.05) is 4.80 Å². The Kier molecular flexibility index (Phi) is 0.780. The summed E-state index contributed by atoms with van der Waals surface area (Å²) in [6.45, 7) is 0. The standard InChI is InChI=1S/C3H6N4/c1-6-3-4-7(2)5-6/h1-2H3. The lowest BCUT2D eigenvalue weighted by Crippen LogP contribution is -2.30. The number of aryl methyl sites for hydroxylation is 2. The van der Waals surface area contributed by atoms with Gasteiger partial charge in [0.05, 0.1) is 0 Å².